The van der Waals surface area contributed by atoms with Gasteiger partial charge >= 0.3 is 124 Å². The van der Waals surface area contributed by atoms with Gasteiger partial charge in [-0.1, -0.05) is 0 Å². The Kier molecular flexibility index (Phi) is 7.77. The van der Waals surface area contributed by atoms with Crippen LogP contribution in [0.5, 0.6) is 0 Å². The summed E-state index contributed by atoms with van der Waals surface area (Å²) < 4.78 is 5.99. The van der Waals surface area contributed by atoms with Gasteiger partial charge < -0.3 is 24.8 Å². The van der Waals surface area contributed by atoms with Crippen LogP contribution in [0.25, 0.3) is 0 Å². The molecule has 5 heteroatoms. The Morgan fingerprint density at radius 2 is 1.86 bits per heavy atom. The van der Waals surface area contributed by atoms with Gasteiger partial charge in [-0.2, -0.15) is 0 Å². The monoisotopic (exact) mass is 362 g/mol. The zero-order valence-corrected chi connectivity index (χ0v) is 15.2. The summed E-state index contributed by atoms with van der Waals surface area (Å²) >= 11 is -0.655. The molecule has 3 rings (SSSR count). The molecule has 1 atom stereocenters. The number of carbonyl (C=O) groups excluding carboxylic acids is 1. The zero-order chi connectivity index (χ0) is 13.2. The van der Waals surface area contributed by atoms with Gasteiger partial charge in [0.25, 0.3) is 0 Å². The summed E-state index contributed by atoms with van der Waals surface area (Å²) in [6.45, 7) is 3.47. The molecule has 0 aromatic carbocycles. The number of allylic oxidation sites excluding steroid dienone is 4. The molecule has 0 radical (unpaired) electrons. The van der Waals surface area contributed by atoms with E-state index in [-0.39, 0.29) is 30.8 Å². The Morgan fingerprint density at radius 3 is 2.62 bits per heavy atom. The third-order valence-electron chi connectivity index (χ3n) is 4.55. The first-order valence-corrected chi connectivity index (χ1v) is 8.85. The van der Waals surface area contributed by atoms with E-state index in [0.29, 0.717) is 4.22 Å². The number of fused-ring (bicyclic) bond motifs is 1. The molecule has 3 aliphatic carbocycles. The zero-order valence-electron chi connectivity index (χ0n) is 12.1. The fourth-order valence-corrected chi connectivity index (χ4v) is 5.35. The van der Waals surface area contributed by atoms with Crippen molar-refractivity contribution in [3.05, 3.63) is 34.9 Å². The topological polar surface area (TPSA) is 26.3 Å². The number of hydrogen-bond donors (Lipinski definition) is 0. The molecule has 0 bridgehead atoms. The van der Waals surface area contributed by atoms with E-state index in [1.165, 1.54) is 57.4 Å². The minimum Gasteiger partial charge on any atom is -1.00 e. The molecule has 21 heavy (non-hydrogen) atoms. The molecule has 0 fully saturated rings. The van der Waals surface area contributed by atoms with E-state index in [4.69, 9.17) is 3.32 Å². The normalized spacial score (nSPS) is 23.1. The minimum absolute atomic E-state index is 0. The largest absolute Gasteiger partial charge is 1.00 e. The number of hydrogen-bond acceptors (Lipinski definition) is 2. The van der Waals surface area contributed by atoms with Crippen LogP contribution in [0.3, 0.4) is 0 Å². The van der Waals surface area contributed by atoms with Crippen LogP contribution < -0.4 is 24.8 Å². The van der Waals surface area contributed by atoms with Crippen molar-refractivity contribution in [2.24, 2.45) is 0 Å². The van der Waals surface area contributed by atoms with Crippen molar-refractivity contribution in [1.82, 2.24) is 0 Å². The third kappa shape index (κ3) is 4.04. The molecule has 1 unspecified atom stereocenters. The molecule has 2 nitrogen and oxygen atoms in total. The fourth-order valence-electron chi connectivity index (χ4n) is 3.66. The molecular formula is C16H20Cl2O2Ti. The molecule has 0 saturated heterocycles. The van der Waals surface area contributed by atoms with Crippen molar-refractivity contribution in [3.8, 4) is 0 Å². The van der Waals surface area contributed by atoms with E-state index in [1.54, 1.807) is 22.3 Å². The van der Waals surface area contributed by atoms with Crippen LogP contribution in [0, 0.1) is 0 Å². The predicted molar refractivity (Wildman–Crippen MR) is 71.0 cm³/mol. The Morgan fingerprint density at radius 1 is 1.14 bits per heavy atom. The van der Waals surface area contributed by atoms with Crippen LogP contribution in [0.1, 0.15) is 51.4 Å². The summed E-state index contributed by atoms with van der Waals surface area (Å²) in [6.07, 6.45) is 11.6. The Balaban J connectivity index is 0.00000110. The van der Waals surface area contributed by atoms with Gasteiger partial charge in [0.1, 0.15) is 0 Å². The predicted octanol–water partition coefficient (Wildman–Crippen LogP) is -1.74. The summed E-state index contributed by atoms with van der Waals surface area (Å²) in [4.78, 5) is 11.3. The third-order valence-corrected chi connectivity index (χ3v) is 6.48. The molecular weight excluding hydrogens is 343 g/mol. The maximum Gasteiger partial charge on any atom is -1.00 e. The first-order chi connectivity index (χ1) is 9.29. The van der Waals surface area contributed by atoms with Crippen LogP contribution in [0.15, 0.2) is 34.9 Å². The summed E-state index contributed by atoms with van der Waals surface area (Å²) in [5.74, 6) is -0.233. The number of rotatable bonds is 3. The molecule has 0 N–H and O–H groups in total. The van der Waals surface area contributed by atoms with Crippen molar-refractivity contribution >= 4 is 5.97 Å². The molecule has 0 aliphatic heterocycles. The van der Waals surface area contributed by atoms with Gasteiger partial charge in [-0.25, -0.2) is 0 Å². The van der Waals surface area contributed by atoms with Crippen molar-refractivity contribution in [1.29, 1.82) is 0 Å². The second kappa shape index (κ2) is 8.57. The van der Waals surface area contributed by atoms with Gasteiger partial charge in [-0.05, 0) is 0 Å². The average molecular weight is 363 g/mol. The molecule has 0 amide bonds. The SMILES string of the molecule is C=CC(=O)[O][Ti+2][CH]1CCCC2=C1CC1=C2CCCC1.[Cl-].[Cl-]. The summed E-state index contributed by atoms with van der Waals surface area (Å²) in [5, 5.41) is 0. The van der Waals surface area contributed by atoms with Gasteiger partial charge in [0.2, 0.25) is 0 Å². The van der Waals surface area contributed by atoms with E-state index < -0.39 is 19.5 Å². The second-order valence-electron chi connectivity index (χ2n) is 5.66. The molecule has 114 valence electrons. The van der Waals surface area contributed by atoms with E-state index >= 15 is 0 Å². The fraction of sp³-hybridized carbons (Fsp3) is 0.562. The van der Waals surface area contributed by atoms with E-state index in [1.807, 2.05) is 0 Å². The summed E-state index contributed by atoms with van der Waals surface area (Å²) in [5.41, 5.74) is 6.73. The second-order valence-corrected chi connectivity index (χ2v) is 7.43. The molecule has 0 aromatic rings. The molecule has 0 heterocycles. The van der Waals surface area contributed by atoms with E-state index in [2.05, 4.69) is 6.58 Å². The summed E-state index contributed by atoms with van der Waals surface area (Å²) in [6, 6.07) is 0. The smallest absolute Gasteiger partial charge is 1.00 e. The Labute approximate surface area is 148 Å². The van der Waals surface area contributed by atoms with Crippen molar-refractivity contribution in [3.63, 3.8) is 0 Å². The van der Waals surface area contributed by atoms with E-state index in [9.17, 15) is 4.79 Å². The summed E-state index contributed by atoms with van der Waals surface area (Å²) in [7, 11) is 0. The van der Waals surface area contributed by atoms with Gasteiger partial charge in [-0.3, -0.25) is 0 Å². The van der Waals surface area contributed by atoms with Crippen molar-refractivity contribution < 1.29 is 52.5 Å². The Hall–Kier alpha value is -0.0157. The van der Waals surface area contributed by atoms with Crippen LogP contribution in [-0.2, 0) is 27.7 Å². The molecule has 0 aromatic heterocycles. The number of halogens is 2. The maximum absolute atomic E-state index is 11.3. The molecule has 0 spiro atoms. The average Bonchev–Trinajstić information content (AvgIpc) is 2.84. The van der Waals surface area contributed by atoms with Gasteiger partial charge in [0.15, 0.2) is 0 Å². The van der Waals surface area contributed by atoms with Gasteiger partial charge in [0.05, 0.1) is 0 Å². The van der Waals surface area contributed by atoms with Gasteiger partial charge in [-0.15, -0.1) is 0 Å². The first-order valence-electron chi connectivity index (χ1n) is 7.31. The maximum atomic E-state index is 11.3. The standard InChI is InChI=1S/C13H17.C3H4O2.2ClH.Ti/c1-3-7-12-10(5-1)9-11-6-2-4-8-13(11)12;1-2-3(4)5;;;/h5H,1-4,6-9H2;2H,1H2,(H,4,5);2*1H;/q;;;;+3/p-3. The minimum atomic E-state index is -0.655. The van der Waals surface area contributed by atoms with Crippen molar-refractivity contribution in [2.45, 2.75) is 55.6 Å². The molecule has 3 aliphatic rings. The quantitative estimate of drug-likeness (QED) is 0.440. The van der Waals surface area contributed by atoms with Crippen molar-refractivity contribution in [2.75, 3.05) is 0 Å². The number of carbonyl (C=O) groups is 1. The van der Waals surface area contributed by atoms with Crippen LogP contribution in [0.2, 0.25) is 4.22 Å². The van der Waals surface area contributed by atoms with Gasteiger partial charge in [0, 0.05) is 0 Å². The van der Waals surface area contributed by atoms with Crippen LogP contribution in [0.4, 0.5) is 0 Å². The molecule has 0 saturated carbocycles. The Bertz CT molecular complexity index is 483. The van der Waals surface area contributed by atoms with Crippen LogP contribution in [-0.4, -0.2) is 5.97 Å². The van der Waals surface area contributed by atoms with Crippen LogP contribution >= 0.6 is 0 Å². The first kappa shape index (κ1) is 19.0. The van der Waals surface area contributed by atoms with E-state index in [0.717, 1.165) is 0 Å².